The van der Waals surface area contributed by atoms with Crippen molar-refractivity contribution in [2.75, 3.05) is 0 Å². The minimum atomic E-state index is -0.692. The van der Waals surface area contributed by atoms with Crippen molar-refractivity contribution in [1.82, 2.24) is 0 Å². The predicted octanol–water partition coefficient (Wildman–Crippen LogP) is 2.87. The molecule has 1 aromatic rings. The maximum absolute atomic E-state index is 11.1. The van der Waals surface area contributed by atoms with Gasteiger partial charge in [-0.1, -0.05) is 22.0 Å². The zero-order chi connectivity index (χ0) is 10.3. The van der Waals surface area contributed by atoms with Gasteiger partial charge in [-0.3, -0.25) is 4.79 Å². The summed E-state index contributed by atoms with van der Waals surface area (Å²) in [5, 5.41) is 9.14. The van der Waals surface area contributed by atoms with E-state index in [1.54, 1.807) is 0 Å². The van der Waals surface area contributed by atoms with Crippen LogP contribution in [0.5, 0.6) is 0 Å². The molecule has 1 aliphatic carbocycles. The Morgan fingerprint density at radius 2 is 2.14 bits per heavy atom. The van der Waals surface area contributed by atoms with Gasteiger partial charge in [0, 0.05) is 4.47 Å². The third kappa shape index (κ3) is 1.36. The lowest BCUT2D eigenvalue weighted by Crippen LogP contribution is -2.20. The molecule has 0 amide bonds. The van der Waals surface area contributed by atoms with Crippen LogP contribution in [0.25, 0.3) is 0 Å². The maximum atomic E-state index is 11.1. The van der Waals surface area contributed by atoms with Crippen LogP contribution in [-0.4, -0.2) is 11.1 Å². The number of aryl methyl sites for hydroxylation is 1. The molecule has 0 aromatic heterocycles. The number of halogens is 1. The second-order valence-corrected chi connectivity index (χ2v) is 4.76. The van der Waals surface area contributed by atoms with Gasteiger partial charge >= 0.3 is 5.97 Å². The monoisotopic (exact) mass is 254 g/mol. The summed E-state index contributed by atoms with van der Waals surface area (Å²) in [4.78, 5) is 11.1. The van der Waals surface area contributed by atoms with Gasteiger partial charge in [0.05, 0.1) is 5.41 Å². The first-order valence-electron chi connectivity index (χ1n) is 4.56. The van der Waals surface area contributed by atoms with Gasteiger partial charge in [-0.05, 0) is 43.0 Å². The summed E-state index contributed by atoms with van der Waals surface area (Å²) in [5.74, 6) is -0.692. The Morgan fingerprint density at radius 1 is 1.50 bits per heavy atom. The van der Waals surface area contributed by atoms with Crippen molar-refractivity contribution >= 4 is 21.9 Å². The molecule has 0 saturated heterocycles. The Kier molecular flexibility index (Phi) is 2.14. The SMILES string of the molecule is Cc1cc(Br)ccc1C1(C(=O)O)CC1. The van der Waals surface area contributed by atoms with Gasteiger partial charge in [-0.25, -0.2) is 0 Å². The molecule has 0 unspecified atom stereocenters. The summed E-state index contributed by atoms with van der Waals surface area (Å²) in [5.41, 5.74) is 1.44. The Hall–Kier alpha value is -0.830. The normalized spacial score (nSPS) is 17.9. The third-order valence-corrected chi connectivity index (χ3v) is 3.36. The van der Waals surface area contributed by atoms with E-state index >= 15 is 0 Å². The Labute approximate surface area is 91.1 Å². The molecule has 0 bridgehead atoms. The highest BCUT2D eigenvalue weighted by molar-refractivity contribution is 9.10. The quantitative estimate of drug-likeness (QED) is 0.882. The van der Waals surface area contributed by atoms with Gasteiger partial charge in [0.15, 0.2) is 0 Å². The summed E-state index contributed by atoms with van der Waals surface area (Å²) in [7, 11) is 0. The van der Waals surface area contributed by atoms with Crippen LogP contribution in [0.1, 0.15) is 24.0 Å². The van der Waals surface area contributed by atoms with E-state index in [0.717, 1.165) is 28.4 Å². The first-order chi connectivity index (χ1) is 6.56. The van der Waals surface area contributed by atoms with Gasteiger partial charge in [0.25, 0.3) is 0 Å². The van der Waals surface area contributed by atoms with Crippen LogP contribution < -0.4 is 0 Å². The molecule has 3 heteroatoms. The van der Waals surface area contributed by atoms with Crippen LogP contribution in [0.2, 0.25) is 0 Å². The predicted molar refractivity (Wildman–Crippen MR) is 57.4 cm³/mol. The number of aliphatic carboxylic acids is 1. The molecule has 0 heterocycles. The van der Waals surface area contributed by atoms with Gasteiger partial charge in [-0.2, -0.15) is 0 Å². The average molecular weight is 255 g/mol. The molecule has 0 aliphatic heterocycles. The van der Waals surface area contributed by atoms with Crippen molar-refractivity contribution in [1.29, 1.82) is 0 Å². The second kappa shape index (κ2) is 3.09. The molecule has 14 heavy (non-hydrogen) atoms. The number of rotatable bonds is 2. The maximum Gasteiger partial charge on any atom is 0.314 e. The van der Waals surface area contributed by atoms with E-state index in [2.05, 4.69) is 15.9 Å². The molecule has 2 nitrogen and oxygen atoms in total. The van der Waals surface area contributed by atoms with Crippen molar-refractivity contribution < 1.29 is 9.90 Å². The van der Waals surface area contributed by atoms with E-state index < -0.39 is 11.4 Å². The van der Waals surface area contributed by atoms with E-state index in [1.165, 1.54) is 0 Å². The zero-order valence-corrected chi connectivity index (χ0v) is 9.47. The molecule has 1 fully saturated rings. The van der Waals surface area contributed by atoms with Crippen molar-refractivity contribution in [2.45, 2.75) is 25.2 Å². The Morgan fingerprint density at radius 3 is 2.57 bits per heavy atom. The van der Waals surface area contributed by atoms with Gasteiger partial charge in [0.1, 0.15) is 0 Å². The van der Waals surface area contributed by atoms with Crippen LogP contribution in [-0.2, 0) is 10.2 Å². The molecular weight excluding hydrogens is 244 g/mol. The second-order valence-electron chi connectivity index (χ2n) is 3.85. The Balaban J connectivity index is 2.47. The summed E-state index contributed by atoms with van der Waals surface area (Å²) in [6.07, 6.45) is 1.54. The average Bonchev–Trinajstić information content (AvgIpc) is 2.84. The lowest BCUT2D eigenvalue weighted by Gasteiger charge is -2.13. The minimum Gasteiger partial charge on any atom is -0.481 e. The largest absolute Gasteiger partial charge is 0.481 e. The molecule has 1 N–H and O–H groups in total. The van der Waals surface area contributed by atoms with Crippen LogP contribution in [0.3, 0.4) is 0 Å². The van der Waals surface area contributed by atoms with Gasteiger partial charge in [-0.15, -0.1) is 0 Å². The summed E-state index contributed by atoms with van der Waals surface area (Å²) < 4.78 is 1.000. The molecule has 1 aliphatic rings. The number of carboxylic acid groups (broad SMARTS) is 1. The summed E-state index contributed by atoms with van der Waals surface area (Å²) in [6, 6.07) is 5.80. The summed E-state index contributed by atoms with van der Waals surface area (Å²) >= 11 is 3.37. The number of hydrogen-bond acceptors (Lipinski definition) is 1. The van der Waals surface area contributed by atoms with Crippen molar-refractivity contribution in [3.05, 3.63) is 33.8 Å². The first-order valence-corrected chi connectivity index (χ1v) is 5.35. The fourth-order valence-corrected chi connectivity index (χ4v) is 2.36. The molecule has 74 valence electrons. The number of carbonyl (C=O) groups is 1. The first kappa shape index (κ1) is 9.71. The number of hydrogen-bond donors (Lipinski definition) is 1. The van der Waals surface area contributed by atoms with Crippen LogP contribution >= 0.6 is 15.9 Å². The van der Waals surface area contributed by atoms with Crippen molar-refractivity contribution in [2.24, 2.45) is 0 Å². The van der Waals surface area contributed by atoms with Crippen LogP contribution in [0.4, 0.5) is 0 Å². The van der Waals surface area contributed by atoms with E-state index in [0.29, 0.717) is 0 Å². The smallest absolute Gasteiger partial charge is 0.314 e. The van der Waals surface area contributed by atoms with E-state index in [4.69, 9.17) is 5.11 Å². The minimum absolute atomic E-state index is 0.579. The lowest BCUT2D eigenvalue weighted by molar-refractivity contribution is -0.140. The third-order valence-electron chi connectivity index (χ3n) is 2.86. The van der Waals surface area contributed by atoms with Crippen molar-refractivity contribution in [3.63, 3.8) is 0 Å². The van der Waals surface area contributed by atoms with E-state index in [-0.39, 0.29) is 0 Å². The standard InChI is InChI=1S/C11H11BrO2/c1-7-6-8(12)2-3-9(7)11(4-5-11)10(13)14/h2-3,6H,4-5H2,1H3,(H,13,14). The zero-order valence-electron chi connectivity index (χ0n) is 7.88. The lowest BCUT2D eigenvalue weighted by atomic mass is 9.92. The fraction of sp³-hybridized carbons (Fsp3) is 0.364. The molecule has 0 spiro atoms. The highest BCUT2D eigenvalue weighted by Gasteiger charge is 2.52. The number of benzene rings is 1. The van der Waals surface area contributed by atoms with Crippen LogP contribution in [0.15, 0.2) is 22.7 Å². The Bertz CT molecular complexity index is 394. The molecular formula is C11H11BrO2. The van der Waals surface area contributed by atoms with Gasteiger partial charge < -0.3 is 5.11 Å². The van der Waals surface area contributed by atoms with Gasteiger partial charge in [0.2, 0.25) is 0 Å². The molecule has 1 aromatic carbocycles. The molecule has 1 saturated carbocycles. The fourth-order valence-electron chi connectivity index (χ4n) is 1.89. The van der Waals surface area contributed by atoms with Crippen LogP contribution in [0, 0.1) is 6.92 Å². The topological polar surface area (TPSA) is 37.3 Å². The number of carboxylic acids is 1. The highest BCUT2D eigenvalue weighted by Crippen LogP contribution is 2.49. The molecule has 2 rings (SSSR count). The highest BCUT2D eigenvalue weighted by atomic mass is 79.9. The van der Waals surface area contributed by atoms with E-state index in [1.807, 2.05) is 25.1 Å². The summed E-state index contributed by atoms with van der Waals surface area (Å²) in [6.45, 7) is 1.96. The molecule has 0 atom stereocenters. The molecule has 0 radical (unpaired) electrons. The van der Waals surface area contributed by atoms with E-state index in [9.17, 15) is 4.79 Å². The van der Waals surface area contributed by atoms with Crippen molar-refractivity contribution in [3.8, 4) is 0 Å².